The molecule has 48 heavy (non-hydrogen) atoms. The molecule has 11 atom stereocenters. The van der Waals surface area contributed by atoms with Gasteiger partial charge >= 0.3 is 5.97 Å². The number of aromatic nitrogens is 1. The first-order chi connectivity index (χ1) is 23.0. The molecule has 2 aromatic rings. The van der Waals surface area contributed by atoms with Gasteiger partial charge < -0.3 is 29.7 Å². The van der Waals surface area contributed by atoms with Crippen LogP contribution in [0.5, 0.6) is 0 Å². The highest BCUT2D eigenvalue weighted by molar-refractivity contribution is 6.06. The molecule has 7 bridgehead atoms. The summed E-state index contributed by atoms with van der Waals surface area (Å²) in [5, 5.41) is 28.2. The highest BCUT2D eigenvalue weighted by Crippen LogP contribution is 2.79. The smallest absolute Gasteiger partial charge is 0.340 e. The number of methoxy groups -OCH3 is 2. The third-order valence-electron chi connectivity index (χ3n) is 13.6. The second kappa shape index (κ2) is 11.2. The monoisotopic (exact) mass is 657 g/mol. The molecule has 10 nitrogen and oxygen atoms in total. The Labute approximate surface area is 281 Å². The number of amides is 1. The number of rotatable bonds is 8. The summed E-state index contributed by atoms with van der Waals surface area (Å²) in [5.74, 6) is -1.24. The largest absolute Gasteiger partial charge is 0.454 e. The molecular weight excluding hydrogens is 610 g/mol. The van der Waals surface area contributed by atoms with Gasteiger partial charge in [-0.25, -0.2) is 4.79 Å². The lowest BCUT2D eigenvalue weighted by Gasteiger charge is -2.70. The van der Waals surface area contributed by atoms with E-state index in [1.54, 1.807) is 50.8 Å². The fraction of sp³-hybridized carbons (Fsp3) is 0.605. The van der Waals surface area contributed by atoms with E-state index in [-0.39, 0.29) is 53.4 Å². The van der Waals surface area contributed by atoms with E-state index in [4.69, 9.17) is 14.2 Å². The Balaban J connectivity index is 1.14. The lowest BCUT2D eigenvalue weighted by molar-refractivity contribution is -0.317. The minimum Gasteiger partial charge on any atom is -0.454 e. The number of ether oxygens (including phenoxy) is 3. The molecule has 6 aliphatic rings. The van der Waals surface area contributed by atoms with Crippen molar-refractivity contribution in [2.75, 3.05) is 32.6 Å². The van der Waals surface area contributed by atoms with Crippen molar-refractivity contribution >= 4 is 23.6 Å². The quantitative estimate of drug-likeness (QED) is 0.285. The number of carbonyl (C=O) groups excluding carboxylic acids is 2. The first-order valence-electron chi connectivity index (χ1n) is 17.5. The second-order valence-corrected chi connectivity index (χ2v) is 15.3. The van der Waals surface area contributed by atoms with Crippen molar-refractivity contribution in [2.45, 2.75) is 87.4 Å². The zero-order valence-electron chi connectivity index (χ0n) is 28.2. The van der Waals surface area contributed by atoms with E-state index in [0.29, 0.717) is 50.0 Å². The van der Waals surface area contributed by atoms with E-state index in [1.165, 1.54) is 6.08 Å². The average Bonchev–Trinajstić information content (AvgIpc) is 3.55. The number of pyridine rings is 1. The molecule has 5 aliphatic carbocycles. The molecular formula is C38H47N3O7. The van der Waals surface area contributed by atoms with Crippen LogP contribution in [0.1, 0.15) is 67.1 Å². The van der Waals surface area contributed by atoms with Crippen molar-refractivity contribution in [3.63, 3.8) is 0 Å². The molecule has 6 fully saturated rings. The van der Waals surface area contributed by atoms with Gasteiger partial charge in [-0.05, 0) is 87.4 Å². The van der Waals surface area contributed by atoms with Crippen LogP contribution >= 0.6 is 0 Å². The SMILES string of the molecule is CCN1C[C@]2(OC(=O)c3ccccc3NC(=O)/C=C/c3cc(C)ccn3)CC[C@H](OC)[C@]34C1[C@@H](C[C@H]23)[C@@]1(O)C[C@H](OC)C2C[C@@H]4[C@]1(O)C2. The number of nitrogens with zero attached hydrogens (tertiary/aromatic N) is 2. The molecule has 3 N–H and O–H groups in total. The van der Waals surface area contributed by atoms with Crippen molar-refractivity contribution in [3.05, 3.63) is 65.5 Å². The molecule has 1 saturated heterocycles. The van der Waals surface area contributed by atoms with E-state index in [0.717, 1.165) is 18.5 Å². The lowest BCUT2D eigenvalue weighted by atomic mass is 9.44. The highest BCUT2D eigenvalue weighted by Gasteiger charge is 2.87. The van der Waals surface area contributed by atoms with Crippen LogP contribution in [0.3, 0.4) is 0 Å². The first kappa shape index (κ1) is 32.1. The number of para-hydroxylation sites is 1. The van der Waals surface area contributed by atoms with Gasteiger partial charge in [0.05, 0.1) is 34.8 Å². The summed E-state index contributed by atoms with van der Waals surface area (Å²) in [6.07, 6.45) is 8.14. The van der Waals surface area contributed by atoms with Crippen molar-refractivity contribution in [1.29, 1.82) is 0 Å². The number of piperidine rings is 1. The lowest BCUT2D eigenvalue weighted by Crippen LogP contribution is -2.81. The standard InChI is InChI=1S/C38H47N3O7/c1-5-41-21-35(48-34(43)25-8-6-7-9-27(25)40-32(42)11-10-24-16-22(2)13-15-39-24)14-12-31(47-4)38-29(35)18-26(33(38)41)36(44)20-28(46-3)23-17-30(38)37(36,45)19-23/h6-11,13,15-16,23,26,28-31,33,44-45H,5,12,14,17-21H2,1-4H3,(H,40,42)/b11-10+/t23?,26-,28+,29-,30-,31+,33?,35-,36+,37-,38+/m1/s1. The van der Waals surface area contributed by atoms with Crippen molar-refractivity contribution in [1.82, 2.24) is 9.88 Å². The van der Waals surface area contributed by atoms with Gasteiger partial charge in [0.2, 0.25) is 5.91 Å². The molecule has 1 aliphatic heterocycles. The van der Waals surface area contributed by atoms with E-state index in [2.05, 4.69) is 22.1 Å². The second-order valence-electron chi connectivity index (χ2n) is 15.3. The van der Waals surface area contributed by atoms with E-state index < -0.39 is 28.2 Å². The van der Waals surface area contributed by atoms with Crippen LogP contribution in [0, 0.1) is 36.0 Å². The minimum absolute atomic E-state index is 0.00420. The van der Waals surface area contributed by atoms with E-state index in [9.17, 15) is 19.8 Å². The number of nitrogens with one attached hydrogen (secondary N) is 1. The predicted octanol–water partition coefficient (Wildman–Crippen LogP) is 3.99. The van der Waals surface area contributed by atoms with Crippen LogP contribution in [-0.4, -0.2) is 94.3 Å². The number of esters is 1. The number of carbonyl (C=O) groups is 2. The zero-order valence-corrected chi connectivity index (χ0v) is 28.2. The van der Waals surface area contributed by atoms with Gasteiger partial charge in [-0.2, -0.15) is 0 Å². The molecule has 1 aromatic heterocycles. The van der Waals surface area contributed by atoms with Crippen LogP contribution in [0.25, 0.3) is 6.08 Å². The summed E-state index contributed by atoms with van der Waals surface area (Å²) in [6, 6.07) is 10.7. The van der Waals surface area contributed by atoms with E-state index >= 15 is 0 Å². The number of likely N-dealkylation sites (tertiary alicyclic amines) is 1. The number of hydrogen-bond donors (Lipinski definition) is 3. The molecule has 1 aromatic carbocycles. The van der Waals surface area contributed by atoms with Gasteiger partial charge in [-0.15, -0.1) is 0 Å². The van der Waals surface area contributed by atoms with Crippen molar-refractivity contribution in [2.24, 2.45) is 29.1 Å². The predicted molar refractivity (Wildman–Crippen MR) is 178 cm³/mol. The Morgan fingerprint density at radius 3 is 2.65 bits per heavy atom. The number of anilines is 1. The molecule has 256 valence electrons. The maximum absolute atomic E-state index is 14.3. The molecule has 1 amide bonds. The summed E-state index contributed by atoms with van der Waals surface area (Å²) in [5.41, 5.74) is -1.52. The third kappa shape index (κ3) is 4.19. The Morgan fingerprint density at radius 1 is 1.08 bits per heavy atom. The Hall–Kier alpha value is -3.15. The Kier molecular flexibility index (Phi) is 7.47. The molecule has 5 saturated carbocycles. The maximum atomic E-state index is 14.3. The molecule has 2 unspecified atom stereocenters. The molecule has 10 heteroatoms. The zero-order chi connectivity index (χ0) is 33.6. The third-order valence-corrected chi connectivity index (χ3v) is 13.6. The summed E-state index contributed by atoms with van der Waals surface area (Å²) in [6.45, 7) is 5.37. The van der Waals surface area contributed by atoms with E-state index in [1.807, 2.05) is 19.1 Å². The molecule has 1 spiro atoms. The van der Waals surface area contributed by atoms with Gasteiger partial charge in [0.25, 0.3) is 0 Å². The summed E-state index contributed by atoms with van der Waals surface area (Å²) < 4.78 is 19.1. The summed E-state index contributed by atoms with van der Waals surface area (Å²) in [4.78, 5) is 34.0. The maximum Gasteiger partial charge on any atom is 0.340 e. The van der Waals surface area contributed by atoms with Crippen molar-refractivity contribution in [3.8, 4) is 0 Å². The summed E-state index contributed by atoms with van der Waals surface area (Å²) >= 11 is 0. The molecule has 0 radical (unpaired) electrons. The molecule has 2 heterocycles. The van der Waals surface area contributed by atoms with Gasteiger partial charge in [0.1, 0.15) is 11.2 Å². The number of hydrogen-bond acceptors (Lipinski definition) is 9. The van der Waals surface area contributed by atoms with Crippen LogP contribution in [-0.2, 0) is 19.0 Å². The normalized spacial score (nSPS) is 42.2. The highest BCUT2D eigenvalue weighted by atomic mass is 16.6. The van der Waals surface area contributed by atoms with Crippen LogP contribution < -0.4 is 5.32 Å². The Bertz CT molecular complexity index is 1670. The van der Waals surface area contributed by atoms with Gasteiger partial charge in [0, 0.05) is 68.7 Å². The fourth-order valence-electron chi connectivity index (χ4n) is 12.0. The van der Waals surface area contributed by atoms with Crippen LogP contribution in [0.2, 0.25) is 0 Å². The number of aryl methyl sites for hydroxylation is 1. The summed E-state index contributed by atoms with van der Waals surface area (Å²) in [7, 11) is 3.49. The van der Waals surface area contributed by atoms with Crippen LogP contribution in [0.4, 0.5) is 5.69 Å². The fourth-order valence-corrected chi connectivity index (χ4v) is 12.0. The number of fused-ring (bicyclic) bond motifs is 2. The molecule has 8 rings (SSSR count). The van der Waals surface area contributed by atoms with Gasteiger partial charge in [-0.1, -0.05) is 19.1 Å². The number of benzene rings is 1. The average molecular weight is 658 g/mol. The number of likely N-dealkylation sites (N-methyl/N-ethyl adjacent to an activating group) is 1. The van der Waals surface area contributed by atoms with Crippen molar-refractivity contribution < 1.29 is 34.0 Å². The van der Waals surface area contributed by atoms with Crippen LogP contribution in [0.15, 0.2) is 48.7 Å². The Morgan fingerprint density at radius 2 is 1.90 bits per heavy atom. The minimum atomic E-state index is -1.30. The van der Waals surface area contributed by atoms with Gasteiger partial charge in [0.15, 0.2) is 0 Å². The topological polar surface area (TPSA) is 130 Å². The number of aliphatic hydroxyl groups is 2. The van der Waals surface area contributed by atoms with Gasteiger partial charge in [-0.3, -0.25) is 14.7 Å². The first-order valence-corrected chi connectivity index (χ1v) is 17.5.